The molecule has 2 amide bonds. The number of fused-ring (bicyclic) bond motifs is 1. The number of ether oxygens (including phenoxy) is 1. The Labute approximate surface area is 229 Å². The van der Waals surface area contributed by atoms with Crippen LogP contribution >= 0.6 is 0 Å². The van der Waals surface area contributed by atoms with Crippen molar-refractivity contribution in [3.63, 3.8) is 0 Å². The van der Waals surface area contributed by atoms with Crippen LogP contribution in [0.25, 0.3) is 11.1 Å². The van der Waals surface area contributed by atoms with Crippen molar-refractivity contribution in [1.82, 2.24) is 15.6 Å². The van der Waals surface area contributed by atoms with Crippen molar-refractivity contribution in [2.24, 2.45) is 0 Å². The first-order valence-electron chi connectivity index (χ1n) is 13.7. The lowest BCUT2D eigenvalue weighted by molar-refractivity contribution is 0.0488. The molecule has 5 rings (SSSR count). The van der Waals surface area contributed by atoms with Crippen molar-refractivity contribution in [3.8, 4) is 11.1 Å². The number of nitrogens with one attached hydrogen (secondary N) is 4. The number of aromatic nitrogens is 1. The second-order valence-electron chi connectivity index (χ2n) is 11.4. The Balaban J connectivity index is 1.55. The molecular weight excluding hydrogens is 490 g/mol. The van der Waals surface area contributed by atoms with E-state index >= 15 is 0 Å². The lowest BCUT2D eigenvalue weighted by Crippen LogP contribution is -2.50. The first kappa shape index (κ1) is 26.5. The molecule has 8 nitrogen and oxygen atoms in total. The fourth-order valence-electron chi connectivity index (χ4n) is 5.39. The van der Waals surface area contributed by atoms with Crippen molar-refractivity contribution in [2.75, 3.05) is 10.6 Å². The van der Waals surface area contributed by atoms with Gasteiger partial charge >= 0.3 is 6.09 Å². The molecular formula is C31H37N5O3. The predicted molar refractivity (Wildman–Crippen MR) is 154 cm³/mol. The zero-order valence-electron chi connectivity index (χ0n) is 23.1. The van der Waals surface area contributed by atoms with Crippen LogP contribution in [0, 0.1) is 6.92 Å². The lowest BCUT2D eigenvalue weighted by Gasteiger charge is -2.34. The SMILES string of the molecule is Cc1cccc(Nc2nc(N[C@H]3CCCC[C@H]3NC(=O)OC(C)(C)C)c(-c3ccccc3)c3c2C(=O)NC3)c1. The minimum atomic E-state index is -0.570. The Kier molecular flexibility index (Phi) is 7.46. The Morgan fingerprint density at radius 1 is 0.974 bits per heavy atom. The molecule has 1 fully saturated rings. The molecule has 1 aliphatic carbocycles. The van der Waals surface area contributed by atoms with E-state index in [1.807, 2.05) is 82.3 Å². The third kappa shape index (κ3) is 6.16. The van der Waals surface area contributed by atoms with Gasteiger partial charge in [0.05, 0.1) is 11.6 Å². The van der Waals surface area contributed by atoms with Crippen LogP contribution in [-0.2, 0) is 11.3 Å². The molecule has 2 atom stereocenters. The number of hydrogen-bond donors (Lipinski definition) is 4. The third-order valence-corrected chi connectivity index (χ3v) is 7.09. The van der Waals surface area contributed by atoms with E-state index in [2.05, 4.69) is 21.3 Å². The Morgan fingerprint density at radius 2 is 1.72 bits per heavy atom. The van der Waals surface area contributed by atoms with Crippen LogP contribution in [0.3, 0.4) is 0 Å². The van der Waals surface area contributed by atoms with Crippen LogP contribution < -0.4 is 21.3 Å². The quantitative estimate of drug-likeness (QED) is 0.300. The number of carbonyl (C=O) groups excluding carboxylic acids is 2. The summed E-state index contributed by atoms with van der Waals surface area (Å²) < 4.78 is 5.55. The van der Waals surface area contributed by atoms with Crippen LogP contribution in [0.1, 0.15) is 67.9 Å². The van der Waals surface area contributed by atoms with Gasteiger partial charge in [-0.1, -0.05) is 55.3 Å². The Bertz CT molecular complexity index is 1370. The van der Waals surface area contributed by atoms with E-state index in [0.29, 0.717) is 23.7 Å². The number of pyridine rings is 1. The number of carbonyl (C=O) groups is 2. The molecule has 0 saturated heterocycles. The van der Waals surface area contributed by atoms with Crippen LogP contribution in [0.2, 0.25) is 0 Å². The van der Waals surface area contributed by atoms with Gasteiger partial charge in [0, 0.05) is 23.8 Å². The molecule has 204 valence electrons. The fraction of sp³-hybridized carbons (Fsp3) is 0.387. The van der Waals surface area contributed by atoms with Gasteiger partial charge in [0.1, 0.15) is 17.2 Å². The molecule has 0 bridgehead atoms. The van der Waals surface area contributed by atoms with E-state index in [1.165, 1.54) is 0 Å². The highest BCUT2D eigenvalue weighted by Gasteiger charge is 2.33. The van der Waals surface area contributed by atoms with E-state index in [-0.39, 0.29) is 18.0 Å². The topological polar surface area (TPSA) is 104 Å². The molecule has 1 saturated carbocycles. The van der Waals surface area contributed by atoms with Crippen LogP contribution in [0.5, 0.6) is 0 Å². The predicted octanol–water partition coefficient (Wildman–Crippen LogP) is 6.29. The van der Waals surface area contributed by atoms with Crippen molar-refractivity contribution >= 4 is 29.3 Å². The molecule has 0 radical (unpaired) electrons. The number of anilines is 3. The number of amides is 2. The number of hydrogen-bond acceptors (Lipinski definition) is 6. The van der Waals surface area contributed by atoms with Gasteiger partial charge in [-0.3, -0.25) is 4.79 Å². The van der Waals surface area contributed by atoms with E-state index in [0.717, 1.165) is 53.6 Å². The average Bonchev–Trinajstić information content (AvgIpc) is 3.26. The smallest absolute Gasteiger partial charge is 0.407 e. The summed E-state index contributed by atoms with van der Waals surface area (Å²) in [5.74, 6) is 1.06. The van der Waals surface area contributed by atoms with Crippen LogP contribution in [0.15, 0.2) is 54.6 Å². The highest BCUT2D eigenvalue weighted by atomic mass is 16.6. The molecule has 2 heterocycles. The monoisotopic (exact) mass is 527 g/mol. The molecule has 8 heteroatoms. The van der Waals surface area contributed by atoms with E-state index in [4.69, 9.17) is 9.72 Å². The van der Waals surface area contributed by atoms with E-state index in [9.17, 15) is 9.59 Å². The Morgan fingerprint density at radius 3 is 2.44 bits per heavy atom. The first-order chi connectivity index (χ1) is 18.7. The maximum absolute atomic E-state index is 13.0. The van der Waals surface area contributed by atoms with Gasteiger partial charge in [0.25, 0.3) is 5.91 Å². The highest BCUT2D eigenvalue weighted by Crippen LogP contribution is 2.40. The van der Waals surface area contributed by atoms with E-state index < -0.39 is 11.7 Å². The maximum Gasteiger partial charge on any atom is 0.407 e. The van der Waals surface area contributed by atoms with Gasteiger partial charge in [0.2, 0.25) is 0 Å². The van der Waals surface area contributed by atoms with Gasteiger partial charge in [-0.2, -0.15) is 0 Å². The maximum atomic E-state index is 13.0. The van der Waals surface area contributed by atoms with Crippen molar-refractivity contribution < 1.29 is 14.3 Å². The summed E-state index contributed by atoms with van der Waals surface area (Å²) in [6, 6.07) is 17.9. The minimum Gasteiger partial charge on any atom is -0.444 e. The summed E-state index contributed by atoms with van der Waals surface area (Å²) in [6.45, 7) is 8.04. The molecule has 0 unspecified atom stereocenters. The highest BCUT2D eigenvalue weighted by molar-refractivity contribution is 6.06. The minimum absolute atomic E-state index is 0.0452. The zero-order chi connectivity index (χ0) is 27.6. The van der Waals surface area contributed by atoms with Crippen molar-refractivity contribution in [3.05, 3.63) is 71.3 Å². The fourth-order valence-corrected chi connectivity index (χ4v) is 5.39. The largest absolute Gasteiger partial charge is 0.444 e. The van der Waals surface area contributed by atoms with Gasteiger partial charge in [-0.05, 0) is 69.4 Å². The number of nitrogens with zero attached hydrogens (tertiary/aromatic N) is 1. The second-order valence-corrected chi connectivity index (χ2v) is 11.4. The summed E-state index contributed by atoms with van der Waals surface area (Å²) in [5, 5.41) is 13.2. The lowest BCUT2D eigenvalue weighted by atomic mass is 9.89. The third-order valence-electron chi connectivity index (χ3n) is 7.09. The first-order valence-corrected chi connectivity index (χ1v) is 13.7. The summed E-state index contributed by atoms with van der Waals surface area (Å²) >= 11 is 0. The number of rotatable bonds is 6. The summed E-state index contributed by atoms with van der Waals surface area (Å²) in [4.78, 5) is 30.7. The summed E-state index contributed by atoms with van der Waals surface area (Å²) in [6.07, 6.45) is 3.38. The molecule has 0 spiro atoms. The molecule has 3 aromatic rings. The summed E-state index contributed by atoms with van der Waals surface area (Å²) in [5.41, 5.74) is 4.76. The Hall–Kier alpha value is -4.07. The molecule has 39 heavy (non-hydrogen) atoms. The number of benzene rings is 2. The van der Waals surface area contributed by atoms with Gasteiger partial charge in [0.15, 0.2) is 0 Å². The van der Waals surface area contributed by atoms with Crippen LogP contribution in [0.4, 0.5) is 22.1 Å². The molecule has 2 aliphatic rings. The molecule has 1 aliphatic heterocycles. The molecule has 1 aromatic heterocycles. The van der Waals surface area contributed by atoms with Crippen molar-refractivity contribution in [2.45, 2.75) is 77.6 Å². The van der Waals surface area contributed by atoms with Gasteiger partial charge in [-0.25, -0.2) is 9.78 Å². The summed E-state index contributed by atoms with van der Waals surface area (Å²) in [7, 11) is 0. The second kappa shape index (κ2) is 11.0. The van der Waals surface area contributed by atoms with E-state index in [1.54, 1.807) is 0 Å². The molecule has 4 N–H and O–H groups in total. The van der Waals surface area contributed by atoms with Gasteiger partial charge in [-0.15, -0.1) is 0 Å². The average molecular weight is 528 g/mol. The van der Waals surface area contributed by atoms with Gasteiger partial charge < -0.3 is 26.0 Å². The van der Waals surface area contributed by atoms with Crippen LogP contribution in [-0.4, -0.2) is 34.7 Å². The standard InChI is InChI=1S/C31H37N5O3/c1-19-11-10-14-21(17-19)33-28-26-22(18-32-29(26)37)25(20-12-6-5-7-13-20)27(36-28)34-23-15-8-9-16-24(23)35-30(38)39-31(2,3)4/h5-7,10-14,17,23-24H,8-9,15-16,18H2,1-4H3,(H,32,37)(H,35,38)(H2,33,34,36)/t23-,24+/m0/s1. The van der Waals surface area contributed by atoms with Crippen molar-refractivity contribution in [1.29, 1.82) is 0 Å². The number of alkyl carbamates (subject to hydrolysis) is 1. The normalized spacial score (nSPS) is 18.6. The zero-order valence-corrected chi connectivity index (χ0v) is 23.1. The molecule has 2 aromatic carbocycles. The number of aryl methyl sites for hydroxylation is 1.